The van der Waals surface area contributed by atoms with Crippen molar-refractivity contribution >= 4 is 28.9 Å². The summed E-state index contributed by atoms with van der Waals surface area (Å²) in [7, 11) is 0. The molecule has 0 amide bonds. The number of aromatic nitrogens is 5. The molecule has 0 unspecified atom stereocenters. The standard InChI is InChI=1S/C23H18ClN5O2S/c1-13-3-5-15(6-4-13)18-11-20-21(30)26-27-23(29(20)28-18)32-12-19-14(2)31-22(25-19)16-7-9-17(24)10-8-16/h3-11H,12H2,1-2H3,(H,26,30). The van der Waals surface area contributed by atoms with Crippen LogP contribution in [0.15, 0.2) is 69.0 Å². The summed E-state index contributed by atoms with van der Waals surface area (Å²) in [4.78, 5) is 16.9. The topological polar surface area (TPSA) is 89.1 Å². The van der Waals surface area contributed by atoms with E-state index in [1.807, 2.05) is 50.2 Å². The van der Waals surface area contributed by atoms with E-state index in [2.05, 4.69) is 20.3 Å². The molecule has 0 aliphatic heterocycles. The van der Waals surface area contributed by atoms with Crippen molar-refractivity contribution in [3.8, 4) is 22.7 Å². The molecule has 0 atom stereocenters. The summed E-state index contributed by atoms with van der Waals surface area (Å²) in [6.07, 6.45) is 0. The Bertz CT molecular complexity index is 1470. The first kappa shape index (κ1) is 20.5. The maximum atomic E-state index is 12.3. The Morgan fingerprint density at radius 1 is 1.06 bits per heavy atom. The molecule has 0 fully saturated rings. The summed E-state index contributed by atoms with van der Waals surface area (Å²) in [6.45, 7) is 3.91. The first-order valence-electron chi connectivity index (χ1n) is 9.88. The lowest BCUT2D eigenvalue weighted by Gasteiger charge is -2.01. The molecule has 5 rings (SSSR count). The summed E-state index contributed by atoms with van der Waals surface area (Å²) in [5, 5.41) is 12.6. The van der Waals surface area contributed by atoms with E-state index in [9.17, 15) is 4.79 Å². The number of thioether (sulfide) groups is 1. The third-order valence-corrected chi connectivity index (χ3v) is 6.24. The lowest BCUT2D eigenvalue weighted by molar-refractivity contribution is 0.540. The average molecular weight is 464 g/mol. The SMILES string of the molecule is Cc1ccc(-c2cc3c(=O)[nH]nc(SCc4nc(-c5ccc(Cl)cc5)oc4C)n3n2)cc1. The van der Waals surface area contributed by atoms with Crippen LogP contribution in [0.3, 0.4) is 0 Å². The van der Waals surface area contributed by atoms with Gasteiger partial charge in [0.1, 0.15) is 11.3 Å². The number of fused-ring (bicyclic) bond motifs is 1. The average Bonchev–Trinajstić information content (AvgIpc) is 3.39. The van der Waals surface area contributed by atoms with E-state index in [1.165, 1.54) is 11.8 Å². The zero-order valence-electron chi connectivity index (χ0n) is 17.3. The highest BCUT2D eigenvalue weighted by Crippen LogP contribution is 2.28. The molecule has 3 aromatic heterocycles. The van der Waals surface area contributed by atoms with Gasteiger partial charge in [0, 0.05) is 21.9 Å². The van der Waals surface area contributed by atoms with Gasteiger partial charge in [-0.1, -0.05) is 53.2 Å². The molecule has 0 aliphatic carbocycles. The van der Waals surface area contributed by atoms with Gasteiger partial charge in [-0.25, -0.2) is 14.6 Å². The quantitative estimate of drug-likeness (QED) is 0.356. The summed E-state index contributed by atoms with van der Waals surface area (Å²) in [5.41, 5.74) is 4.62. The van der Waals surface area contributed by atoms with Crippen molar-refractivity contribution in [1.29, 1.82) is 0 Å². The highest BCUT2D eigenvalue weighted by atomic mass is 35.5. The lowest BCUT2D eigenvalue weighted by Crippen LogP contribution is -2.13. The molecule has 3 heterocycles. The first-order chi connectivity index (χ1) is 15.5. The minimum absolute atomic E-state index is 0.289. The van der Waals surface area contributed by atoms with Gasteiger partial charge in [-0.15, -0.1) is 5.10 Å². The number of nitrogens with one attached hydrogen (secondary N) is 1. The molecule has 1 N–H and O–H groups in total. The second-order valence-electron chi connectivity index (χ2n) is 7.35. The number of rotatable bonds is 5. The van der Waals surface area contributed by atoms with Crippen LogP contribution in [-0.2, 0) is 5.75 Å². The number of hydrogen-bond acceptors (Lipinski definition) is 6. The molecule has 9 heteroatoms. The maximum absolute atomic E-state index is 12.3. The van der Waals surface area contributed by atoms with Crippen LogP contribution in [0.1, 0.15) is 17.0 Å². The predicted molar refractivity (Wildman–Crippen MR) is 125 cm³/mol. The molecular formula is C23H18ClN5O2S. The molecule has 0 aliphatic rings. The Morgan fingerprint density at radius 3 is 2.53 bits per heavy atom. The minimum atomic E-state index is -0.289. The van der Waals surface area contributed by atoms with Crippen LogP contribution in [0.4, 0.5) is 0 Å². The van der Waals surface area contributed by atoms with E-state index < -0.39 is 0 Å². The van der Waals surface area contributed by atoms with Crippen LogP contribution in [-0.4, -0.2) is 24.8 Å². The molecule has 32 heavy (non-hydrogen) atoms. The van der Waals surface area contributed by atoms with Crippen LogP contribution < -0.4 is 5.56 Å². The summed E-state index contributed by atoms with van der Waals surface area (Å²) >= 11 is 7.39. The highest BCUT2D eigenvalue weighted by molar-refractivity contribution is 7.98. The Kier molecular flexibility index (Phi) is 5.32. The number of benzene rings is 2. The van der Waals surface area contributed by atoms with Crippen molar-refractivity contribution in [2.45, 2.75) is 24.8 Å². The summed E-state index contributed by atoms with van der Waals surface area (Å²) in [6, 6.07) is 17.1. The number of H-pyrrole nitrogens is 1. The normalized spacial score (nSPS) is 11.3. The first-order valence-corrected chi connectivity index (χ1v) is 11.2. The minimum Gasteiger partial charge on any atom is -0.441 e. The zero-order chi connectivity index (χ0) is 22.2. The van der Waals surface area contributed by atoms with Gasteiger partial charge in [-0.05, 0) is 44.2 Å². The Hall–Kier alpha value is -3.36. The van der Waals surface area contributed by atoms with E-state index in [0.717, 1.165) is 28.1 Å². The van der Waals surface area contributed by atoms with Crippen LogP contribution in [0.25, 0.3) is 28.2 Å². The molecule has 0 radical (unpaired) electrons. The third-order valence-electron chi connectivity index (χ3n) is 5.05. The van der Waals surface area contributed by atoms with Crippen molar-refractivity contribution in [1.82, 2.24) is 24.8 Å². The van der Waals surface area contributed by atoms with Gasteiger partial charge in [0.25, 0.3) is 5.56 Å². The molecule has 0 saturated heterocycles. The monoisotopic (exact) mass is 463 g/mol. The number of aryl methyl sites for hydroxylation is 2. The highest BCUT2D eigenvalue weighted by Gasteiger charge is 2.16. The molecular weight excluding hydrogens is 446 g/mol. The van der Waals surface area contributed by atoms with Gasteiger partial charge in [0.05, 0.1) is 11.4 Å². The van der Waals surface area contributed by atoms with Gasteiger partial charge in [0.2, 0.25) is 11.0 Å². The van der Waals surface area contributed by atoms with E-state index in [0.29, 0.717) is 33.0 Å². The summed E-state index contributed by atoms with van der Waals surface area (Å²) < 4.78 is 7.42. The number of nitrogens with zero attached hydrogens (tertiary/aromatic N) is 4. The van der Waals surface area contributed by atoms with Crippen molar-refractivity contribution in [3.63, 3.8) is 0 Å². The van der Waals surface area contributed by atoms with E-state index in [1.54, 1.807) is 22.7 Å². The molecule has 0 bridgehead atoms. The van der Waals surface area contributed by atoms with Gasteiger partial charge in [-0.3, -0.25) is 4.79 Å². The van der Waals surface area contributed by atoms with Crippen LogP contribution >= 0.6 is 23.4 Å². The van der Waals surface area contributed by atoms with E-state index in [4.69, 9.17) is 16.0 Å². The second-order valence-corrected chi connectivity index (χ2v) is 8.72. The molecule has 2 aromatic carbocycles. The second kappa shape index (κ2) is 8.29. The summed E-state index contributed by atoms with van der Waals surface area (Å²) in [5.74, 6) is 1.77. The van der Waals surface area contributed by atoms with Gasteiger partial charge in [-0.2, -0.15) is 5.10 Å². The fourth-order valence-corrected chi connectivity index (χ4v) is 4.29. The zero-order valence-corrected chi connectivity index (χ0v) is 18.9. The smallest absolute Gasteiger partial charge is 0.290 e. The van der Waals surface area contributed by atoms with Crippen LogP contribution in [0.2, 0.25) is 5.02 Å². The largest absolute Gasteiger partial charge is 0.441 e. The van der Waals surface area contributed by atoms with Gasteiger partial charge >= 0.3 is 0 Å². The fourth-order valence-electron chi connectivity index (χ4n) is 3.26. The molecule has 0 saturated carbocycles. The van der Waals surface area contributed by atoms with Crippen molar-refractivity contribution in [3.05, 3.63) is 87.0 Å². The lowest BCUT2D eigenvalue weighted by atomic mass is 10.1. The van der Waals surface area contributed by atoms with Crippen molar-refractivity contribution in [2.24, 2.45) is 0 Å². The van der Waals surface area contributed by atoms with Crippen LogP contribution in [0.5, 0.6) is 0 Å². The Balaban J connectivity index is 1.43. The fraction of sp³-hybridized carbons (Fsp3) is 0.130. The van der Waals surface area contributed by atoms with Gasteiger partial charge < -0.3 is 4.42 Å². The number of hydrogen-bond donors (Lipinski definition) is 1. The van der Waals surface area contributed by atoms with E-state index >= 15 is 0 Å². The number of halogens is 1. The number of aromatic amines is 1. The maximum Gasteiger partial charge on any atom is 0.290 e. The Labute approximate surface area is 192 Å². The number of oxazole rings is 1. The van der Waals surface area contributed by atoms with E-state index in [-0.39, 0.29) is 5.56 Å². The van der Waals surface area contributed by atoms with Crippen LogP contribution in [0, 0.1) is 13.8 Å². The third kappa shape index (κ3) is 3.94. The molecule has 0 spiro atoms. The van der Waals surface area contributed by atoms with Crippen molar-refractivity contribution < 1.29 is 4.42 Å². The molecule has 5 aromatic rings. The molecule has 7 nitrogen and oxygen atoms in total. The molecule has 160 valence electrons. The predicted octanol–water partition coefficient (Wildman–Crippen LogP) is 5.30. The van der Waals surface area contributed by atoms with Gasteiger partial charge in [0.15, 0.2) is 0 Å². The van der Waals surface area contributed by atoms with Crippen molar-refractivity contribution in [2.75, 3.05) is 0 Å². The Morgan fingerprint density at radius 2 is 1.78 bits per heavy atom.